The fourth-order valence-corrected chi connectivity index (χ4v) is 5.89. The molecule has 0 bridgehead atoms. The molecule has 38 heavy (non-hydrogen) atoms. The minimum absolute atomic E-state index is 0.0448. The van der Waals surface area contributed by atoms with Gasteiger partial charge in [0.1, 0.15) is 11.5 Å². The lowest BCUT2D eigenvalue weighted by atomic mass is 9.94. The van der Waals surface area contributed by atoms with Crippen molar-refractivity contribution >= 4 is 11.7 Å². The summed E-state index contributed by atoms with van der Waals surface area (Å²) in [6.07, 6.45) is 2.92. The minimum Gasteiger partial charge on any atom is -0.390 e. The molecule has 8 nitrogen and oxygen atoms in total. The van der Waals surface area contributed by atoms with Crippen LogP contribution in [0.4, 0.5) is 5.82 Å². The first kappa shape index (κ1) is 25.0. The molecule has 4 heterocycles. The topological polar surface area (TPSA) is 90.8 Å². The quantitative estimate of drug-likeness (QED) is 0.541. The molecule has 0 radical (unpaired) electrons. The van der Waals surface area contributed by atoms with Gasteiger partial charge in [-0.15, -0.1) is 0 Å². The summed E-state index contributed by atoms with van der Waals surface area (Å²) in [6, 6.07) is 20.3. The van der Waals surface area contributed by atoms with Crippen molar-refractivity contribution in [2.24, 2.45) is 0 Å². The first-order valence-corrected chi connectivity index (χ1v) is 13.7. The monoisotopic (exact) mass is 513 g/mol. The fourth-order valence-electron chi connectivity index (χ4n) is 5.89. The Morgan fingerprint density at radius 3 is 2.50 bits per heavy atom. The maximum Gasteiger partial charge on any atom is 0.272 e. The van der Waals surface area contributed by atoms with Gasteiger partial charge in [-0.3, -0.25) is 9.69 Å². The standard InChI is InChI=1S/C30H35N5O3/c36-27-20-35(15-11-26(27)34-14-10-21-6-4-5-9-23(21)19-34)30(37)25-18-28(31-24-12-16-38-17-13-24)33-29(32-25)22-7-2-1-3-8-22/h1-9,18,24,26-27,36H,10-17,19-20H2,(H,31,32,33)/t26-,27-/m1/s1. The zero-order valence-electron chi connectivity index (χ0n) is 21.6. The summed E-state index contributed by atoms with van der Waals surface area (Å²) < 4.78 is 5.49. The highest BCUT2D eigenvalue weighted by atomic mass is 16.5. The molecule has 1 amide bonds. The zero-order valence-corrected chi connectivity index (χ0v) is 21.6. The number of carbonyl (C=O) groups is 1. The highest BCUT2D eigenvalue weighted by Crippen LogP contribution is 2.27. The van der Waals surface area contributed by atoms with Crippen molar-refractivity contribution in [3.8, 4) is 11.4 Å². The summed E-state index contributed by atoms with van der Waals surface area (Å²) in [5, 5.41) is 14.6. The molecule has 0 aliphatic carbocycles. The van der Waals surface area contributed by atoms with Crippen LogP contribution in [0.25, 0.3) is 11.4 Å². The van der Waals surface area contributed by atoms with Gasteiger partial charge in [0.25, 0.3) is 5.91 Å². The molecule has 6 rings (SSSR count). The van der Waals surface area contributed by atoms with Gasteiger partial charge < -0.3 is 20.1 Å². The Kier molecular flexibility index (Phi) is 7.35. The Balaban J connectivity index is 1.18. The molecule has 1 aromatic heterocycles. The van der Waals surface area contributed by atoms with Gasteiger partial charge in [0.2, 0.25) is 0 Å². The molecule has 0 saturated carbocycles. The van der Waals surface area contributed by atoms with Crippen LogP contribution in [0.15, 0.2) is 60.7 Å². The van der Waals surface area contributed by atoms with Crippen molar-refractivity contribution in [2.75, 3.05) is 38.2 Å². The number of hydrogen-bond acceptors (Lipinski definition) is 7. The van der Waals surface area contributed by atoms with E-state index in [2.05, 4.69) is 39.5 Å². The van der Waals surface area contributed by atoms with Gasteiger partial charge in [-0.05, 0) is 36.8 Å². The van der Waals surface area contributed by atoms with Crippen molar-refractivity contribution < 1.29 is 14.6 Å². The Bertz CT molecular complexity index is 1260. The third-order valence-electron chi connectivity index (χ3n) is 8.01. The van der Waals surface area contributed by atoms with E-state index in [1.807, 2.05) is 30.3 Å². The molecule has 2 fully saturated rings. The third-order valence-corrected chi connectivity index (χ3v) is 8.01. The Morgan fingerprint density at radius 2 is 1.71 bits per heavy atom. The van der Waals surface area contributed by atoms with Gasteiger partial charge in [0.15, 0.2) is 5.82 Å². The molecular formula is C30H35N5O3. The van der Waals surface area contributed by atoms with Crippen LogP contribution in [-0.2, 0) is 17.7 Å². The Morgan fingerprint density at radius 1 is 0.947 bits per heavy atom. The van der Waals surface area contributed by atoms with Crippen molar-refractivity contribution in [3.63, 3.8) is 0 Å². The second kappa shape index (κ2) is 11.2. The average Bonchev–Trinajstić information content (AvgIpc) is 2.97. The van der Waals surface area contributed by atoms with Crippen LogP contribution in [0.1, 0.15) is 40.9 Å². The number of hydrogen-bond donors (Lipinski definition) is 2. The van der Waals surface area contributed by atoms with Crippen LogP contribution in [0.3, 0.4) is 0 Å². The summed E-state index contributed by atoms with van der Waals surface area (Å²) in [7, 11) is 0. The van der Waals surface area contributed by atoms with Gasteiger partial charge in [-0.2, -0.15) is 0 Å². The molecule has 0 unspecified atom stereocenters. The van der Waals surface area contributed by atoms with Crippen molar-refractivity contribution in [1.29, 1.82) is 0 Å². The number of likely N-dealkylation sites (tertiary alicyclic amines) is 1. The third kappa shape index (κ3) is 5.43. The zero-order chi connectivity index (χ0) is 25.9. The molecule has 8 heteroatoms. The Labute approximate surface area is 223 Å². The second-order valence-electron chi connectivity index (χ2n) is 10.5. The lowest BCUT2D eigenvalue weighted by Crippen LogP contribution is -2.56. The molecule has 2 N–H and O–H groups in total. The second-order valence-corrected chi connectivity index (χ2v) is 10.5. The normalized spacial score (nSPS) is 22.6. The maximum absolute atomic E-state index is 13.7. The van der Waals surface area contributed by atoms with E-state index in [1.54, 1.807) is 11.0 Å². The SMILES string of the molecule is O=C(c1cc(NC2CCOCC2)nc(-c2ccccc2)n1)N1CC[C@@H](N2CCc3ccccc3C2)[C@H](O)C1. The largest absolute Gasteiger partial charge is 0.390 e. The lowest BCUT2D eigenvalue weighted by Gasteiger charge is -2.43. The number of aliphatic hydroxyl groups excluding tert-OH is 1. The first-order valence-electron chi connectivity index (χ1n) is 13.7. The molecule has 198 valence electrons. The minimum atomic E-state index is -0.603. The molecule has 2 atom stereocenters. The number of aliphatic hydroxyl groups is 1. The van der Waals surface area contributed by atoms with Crippen molar-refractivity contribution in [3.05, 3.63) is 77.5 Å². The number of rotatable bonds is 5. The number of carbonyl (C=O) groups excluding carboxylic acids is 1. The lowest BCUT2D eigenvalue weighted by molar-refractivity contribution is -0.0139. The van der Waals surface area contributed by atoms with E-state index in [0.717, 1.165) is 57.6 Å². The molecule has 3 aliphatic heterocycles. The van der Waals surface area contributed by atoms with E-state index in [1.165, 1.54) is 11.1 Å². The van der Waals surface area contributed by atoms with Crippen LogP contribution < -0.4 is 5.32 Å². The van der Waals surface area contributed by atoms with Crippen LogP contribution in [-0.4, -0.2) is 81.8 Å². The number of β-amino-alcohol motifs (C(OH)–C–C–N with tert-alkyl or cyclic N) is 1. The predicted molar refractivity (Wildman–Crippen MR) is 146 cm³/mol. The van der Waals surface area contributed by atoms with Crippen LogP contribution in [0, 0.1) is 0 Å². The van der Waals surface area contributed by atoms with Gasteiger partial charge in [0, 0.05) is 63.1 Å². The summed E-state index contributed by atoms with van der Waals surface area (Å²) in [6.45, 7) is 4.10. The van der Waals surface area contributed by atoms with E-state index in [0.29, 0.717) is 30.4 Å². The number of ether oxygens (including phenoxy) is 1. The Hall–Kier alpha value is -3.33. The number of aromatic nitrogens is 2. The van der Waals surface area contributed by atoms with Gasteiger partial charge in [0.05, 0.1) is 6.10 Å². The smallest absolute Gasteiger partial charge is 0.272 e. The van der Waals surface area contributed by atoms with E-state index >= 15 is 0 Å². The van der Waals surface area contributed by atoms with Crippen LogP contribution >= 0.6 is 0 Å². The van der Waals surface area contributed by atoms with Crippen molar-refractivity contribution in [2.45, 2.75) is 50.4 Å². The van der Waals surface area contributed by atoms with Crippen LogP contribution in [0.5, 0.6) is 0 Å². The van der Waals surface area contributed by atoms with Gasteiger partial charge in [-0.1, -0.05) is 54.6 Å². The van der Waals surface area contributed by atoms with Gasteiger partial charge in [-0.25, -0.2) is 9.97 Å². The predicted octanol–water partition coefficient (Wildman–Crippen LogP) is 3.37. The molecule has 2 aromatic carbocycles. The van der Waals surface area contributed by atoms with E-state index in [-0.39, 0.29) is 18.0 Å². The number of nitrogens with zero attached hydrogens (tertiary/aromatic N) is 4. The number of nitrogens with one attached hydrogen (secondary N) is 1. The average molecular weight is 514 g/mol. The summed E-state index contributed by atoms with van der Waals surface area (Å²) in [5.41, 5.74) is 3.95. The highest BCUT2D eigenvalue weighted by molar-refractivity contribution is 5.93. The maximum atomic E-state index is 13.7. The van der Waals surface area contributed by atoms with E-state index in [9.17, 15) is 9.90 Å². The van der Waals surface area contributed by atoms with Gasteiger partial charge >= 0.3 is 0 Å². The number of benzene rings is 2. The fraction of sp³-hybridized carbons (Fsp3) is 0.433. The molecule has 3 aliphatic rings. The van der Waals surface area contributed by atoms with Crippen molar-refractivity contribution in [1.82, 2.24) is 19.8 Å². The number of piperidine rings is 1. The van der Waals surface area contributed by atoms with Crippen LogP contribution in [0.2, 0.25) is 0 Å². The molecule has 0 spiro atoms. The van der Waals surface area contributed by atoms with E-state index < -0.39 is 6.10 Å². The summed E-state index contributed by atoms with van der Waals surface area (Å²) in [4.78, 5) is 27.2. The number of fused-ring (bicyclic) bond motifs is 1. The molecular weight excluding hydrogens is 478 g/mol. The summed E-state index contributed by atoms with van der Waals surface area (Å²) in [5.74, 6) is 1.01. The molecule has 2 saturated heterocycles. The molecule has 3 aromatic rings. The first-order chi connectivity index (χ1) is 18.6. The van der Waals surface area contributed by atoms with E-state index in [4.69, 9.17) is 9.72 Å². The summed E-state index contributed by atoms with van der Waals surface area (Å²) >= 11 is 0. The number of anilines is 1. The number of amides is 1. The highest BCUT2D eigenvalue weighted by Gasteiger charge is 2.36.